The van der Waals surface area contributed by atoms with Gasteiger partial charge in [0, 0.05) is 41.1 Å². The number of nitrogens with zero attached hydrogens (tertiary/aromatic N) is 2. The van der Waals surface area contributed by atoms with Crippen LogP contribution in [0.5, 0.6) is 0 Å². The molecule has 4 nitrogen and oxygen atoms in total. The highest BCUT2D eigenvalue weighted by Gasteiger charge is 2.26. The van der Waals surface area contributed by atoms with Gasteiger partial charge in [0.2, 0.25) is 5.91 Å². The lowest BCUT2D eigenvalue weighted by Crippen LogP contribution is -2.30. The van der Waals surface area contributed by atoms with Gasteiger partial charge >= 0.3 is 0 Å². The number of aromatic nitrogens is 1. The van der Waals surface area contributed by atoms with Crippen molar-refractivity contribution in [2.75, 3.05) is 11.4 Å². The lowest BCUT2D eigenvalue weighted by molar-refractivity contribution is -0.117. The summed E-state index contributed by atoms with van der Waals surface area (Å²) in [5.41, 5.74) is 4.22. The maximum atomic E-state index is 13.9. The van der Waals surface area contributed by atoms with Gasteiger partial charge in [-0.3, -0.25) is 9.78 Å². The molecule has 0 spiro atoms. The molecular weight excluding hydrogens is 410 g/mol. The Labute approximate surface area is 175 Å². The average molecular weight is 425 g/mol. The quantitative estimate of drug-likeness (QED) is 0.432. The smallest absolute Gasteiger partial charge is 0.231 e. The molecule has 1 aliphatic heterocycles. The van der Waals surface area contributed by atoms with Crippen LogP contribution in [0.2, 0.25) is 5.02 Å². The maximum Gasteiger partial charge on any atom is 0.231 e. The third-order valence-electron chi connectivity index (χ3n) is 5.37. The second kappa shape index (κ2) is 7.22. The Hall–Kier alpha value is -3.25. The molecule has 7 heteroatoms. The van der Waals surface area contributed by atoms with Crippen molar-refractivity contribution in [2.24, 2.45) is 0 Å². The number of pyridine rings is 1. The monoisotopic (exact) mass is 424 g/mol. The van der Waals surface area contributed by atoms with E-state index in [2.05, 4.69) is 4.98 Å². The van der Waals surface area contributed by atoms with Crippen LogP contribution in [-0.4, -0.2) is 17.4 Å². The van der Waals surface area contributed by atoms with Gasteiger partial charge in [0.15, 0.2) is 5.58 Å². The minimum absolute atomic E-state index is 0.0549. The number of carbonyl (C=O) groups excluding carboxylic acids is 1. The molecule has 0 N–H and O–H groups in total. The summed E-state index contributed by atoms with van der Waals surface area (Å²) in [6.45, 7) is 0.494. The summed E-state index contributed by atoms with van der Waals surface area (Å²) in [5.74, 6) is -1.41. The first-order chi connectivity index (χ1) is 14.5. The third kappa shape index (κ3) is 3.13. The highest BCUT2D eigenvalue weighted by molar-refractivity contribution is 6.35. The zero-order valence-corrected chi connectivity index (χ0v) is 16.4. The number of rotatable bonds is 3. The highest BCUT2D eigenvalue weighted by Crippen LogP contribution is 2.37. The summed E-state index contributed by atoms with van der Waals surface area (Å²) in [4.78, 5) is 18.5. The van der Waals surface area contributed by atoms with Crippen LogP contribution >= 0.6 is 11.6 Å². The molecule has 0 unspecified atom stereocenters. The fraction of sp³-hybridized carbons (Fsp3) is 0.130. The average Bonchev–Trinajstić information content (AvgIpc) is 3.35. The van der Waals surface area contributed by atoms with Gasteiger partial charge in [0.25, 0.3) is 0 Å². The molecule has 0 atom stereocenters. The topological polar surface area (TPSA) is 46.3 Å². The Kier molecular flexibility index (Phi) is 4.51. The number of furan rings is 1. The number of fused-ring (bicyclic) bond motifs is 2. The largest absolute Gasteiger partial charge is 0.462 e. The minimum Gasteiger partial charge on any atom is -0.462 e. The first kappa shape index (κ1) is 18.8. The van der Waals surface area contributed by atoms with E-state index in [4.69, 9.17) is 16.0 Å². The minimum atomic E-state index is -0.585. The Bertz CT molecular complexity index is 1300. The SMILES string of the molecule is O=C(Cc1cc(F)ccc1F)N1CCc2cc(-c3coc4c(Cl)cncc34)ccc21. The third-order valence-corrected chi connectivity index (χ3v) is 5.64. The number of hydrogen-bond donors (Lipinski definition) is 0. The van der Waals surface area contributed by atoms with Crippen LogP contribution in [-0.2, 0) is 17.6 Å². The van der Waals surface area contributed by atoms with Crippen molar-refractivity contribution in [3.8, 4) is 11.1 Å². The van der Waals surface area contributed by atoms with E-state index >= 15 is 0 Å². The van der Waals surface area contributed by atoms with Crippen LogP contribution in [0, 0.1) is 11.6 Å². The molecule has 0 saturated carbocycles. The maximum absolute atomic E-state index is 13.9. The zero-order chi connectivity index (χ0) is 20.8. The Morgan fingerprint density at radius 3 is 2.90 bits per heavy atom. The summed E-state index contributed by atoms with van der Waals surface area (Å²) >= 11 is 6.14. The second-order valence-corrected chi connectivity index (χ2v) is 7.61. The zero-order valence-electron chi connectivity index (χ0n) is 15.7. The van der Waals surface area contributed by atoms with Gasteiger partial charge in [-0.15, -0.1) is 0 Å². The summed E-state index contributed by atoms with van der Waals surface area (Å²) in [5, 5.41) is 1.26. The van der Waals surface area contributed by atoms with Crippen LogP contribution in [0.25, 0.3) is 22.1 Å². The summed E-state index contributed by atoms with van der Waals surface area (Å²) < 4.78 is 32.9. The van der Waals surface area contributed by atoms with E-state index < -0.39 is 11.6 Å². The fourth-order valence-corrected chi connectivity index (χ4v) is 4.11. The van der Waals surface area contributed by atoms with Crippen molar-refractivity contribution in [2.45, 2.75) is 12.8 Å². The Morgan fingerprint density at radius 1 is 1.17 bits per heavy atom. The molecule has 3 heterocycles. The lowest BCUT2D eigenvalue weighted by atomic mass is 10.0. The van der Waals surface area contributed by atoms with Crippen molar-refractivity contribution >= 4 is 34.2 Å². The second-order valence-electron chi connectivity index (χ2n) is 7.20. The molecule has 0 aliphatic carbocycles. The van der Waals surface area contributed by atoms with E-state index in [-0.39, 0.29) is 17.9 Å². The molecular formula is C23H15ClF2N2O2. The molecule has 2 aromatic carbocycles. The molecule has 0 saturated heterocycles. The highest BCUT2D eigenvalue weighted by atomic mass is 35.5. The van der Waals surface area contributed by atoms with Gasteiger partial charge in [-0.05, 0) is 47.9 Å². The first-order valence-corrected chi connectivity index (χ1v) is 9.77. The molecule has 1 aliphatic rings. The normalized spacial score (nSPS) is 13.1. The Balaban J connectivity index is 1.44. The molecule has 4 aromatic rings. The fourth-order valence-electron chi connectivity index (χ4n) is 3.91. The van der Waals surface area contributed by atoms with Crippen LogP contribution in [0.3, 0.4) is 0 Å². The van der Waals surface area contributed by atoms with Gasteiger partial charge in [-0.25, -0.2) is 8.78 Å². The first-order valence-electron chi connectivity index (χ1n) is 9.39. The van der Waals surface area contributed by atoms with E-state index in [1.54, 1.807) is 17.4 Å². The predicted octanol–water partition coefficient (Wildman–Crippen LogP) is 5.56. The molecule has 2 aromatic heterocycles. The van der Waals surface area contributed by atoms with E-state index in [0.717, 1.165) is 46.0 Å². The standard InChI is InChI=1S/C23H15ClF2N2O2/c24-19-11-27-10-17-18(12-30-23(17)19)13-1-4-21-14(7-13)5-6-28(21)22(29)9-15-8-16(25)2-3-20(15)26/h1-4,7-8,10-12H,5-6,9H2. The molecule has 1 amide bonds. The summed E-state index contributed by atoms with van der Waals surface area (Å²) in [7, 11) is 0. The van der Waals surface area contributed by atoms with Gasteiger partial charge in [-0.1, -0.05) is 17.7 Å². The van der Waals surface area contributed by atoms with Gasteiger partial charge in [0.05, 0.1) is 12.7 Å². The number of hydrogen-bond acceptors (Lipinski definition) is 3. The predicted molar refractivity (Wildman–Crippen MR) is 111 cm³/mol. The number of halogens is 3. The van der Waals surface area contributed by atoms with Gasteiger partial charge in [-0.2, -0.15) is 0 Å². The summed E-state index contributed by atoms with van der Waals surface area (Å²) in [6.07, 6.45) is 5.36. The lowest BCUT2D eigenvalue weighted by Gasteiger charge is -2.18. The molecule has 0 bridgehead atoms. The van der Waals surface area contributed by atoms with Crippen LogP contribution in [0.15, 0.2) is 59.5 Å². The van der Waals surface area contributed by atoms with Gasteiger partial charge < -0.3 is 9.32 Å². The van der Waals surface area contributed by atoms with Crippen molar-refractivity contribution in [1.82, 2.24) is 4.98 Å². The van der Waals surface area contributed by atoms with E-state index in [1.807, 2.05) is 18.2 Å². The van der Waals surface area contributed by atoms with Gasteiger partial charge in [0.1, 0.15) is 16.7 Å². The van der Waals surface area contributed by atoms with E-state index in [0.29, 0.717) is 23.6 Å². The number of carbonyl (C=O) groups is 1. The number of anilines is 1. The number of benzene rings is 2. The molecule has 150 valence electrons. The van der Waals surface area contributed by atoms with Crippen molar-refractivity contribution in [3.05, 3.63) is 82.8 Å². The van der Waals surface area contributed by atoms with E-state index in [1.165, 1.54) is 6.20 Å². The molecule has 0 fully saturated rings. The van der Waals surface area contributed by atoms with Crippen LogP contribution < -0.4 is 4.90 Å². The summed E-state index contributed by atoms with van der Waals surface area (Å²) in [6, 6.07) is 8.93. The van der Waals surface area contributed by atoms with Crippen molar-refractivity contribution < 1.29 is 18.0 Å². The molecule has 30 heavy (non-hydrogen) atoms. The molecule has 5 rings (SSSR count). The van der Waals surface area contributed by atoms with E-state index in [9.17, 15) is 13.6 Å². The van der Waals surface area contributed by atoms with Crippen molar-refractivity contribution in [3.63, 3.8) is 0 Å². The van der Waals surface area contributed by atoms with Crippen LogP contribution in [0.4, 0.5) is 14.5 Å². The number of amides is 1. The molecule has 0 radical (unpaired) electrons. The van der Waals surface area contributed by atoms with Crippen LogP contribution in [0.1, 0.15) is 11.1 Å². The van der Waals surface area contributed by atoms with Crippen molar-refractivity contribution in [1.29, 1.82) is 0 Å². The Morgan fingerprint density at radius 2 is 2.03 bits per heavy atom.